The summed E-state index contributed by atoms with van der Waals surface area (Å²) in [6, 6.07) is 9.03. The van der Waals surface area contributed by atoms with E-state index in [0.29, 0.717) is 5.76 Å². The first-order valence-electron chi connectivity index (χ1n) is 6.00. The lowest BCUT2D eigenvalue weighted by Crippen LogP contribution is -2.10. The number of aromatic nitrogens is 1. The fourth-order valence-corrected chi connectivity index (χ4v) is 2.75. The molecule has 0 aliphatic rings. The molecule has 3 aromatic rings. The maximum absolute atomic E-state index is 11.9. The van der Waals surface area contributed by atoms with Crippen molar-refractivity contribution in [2.45, 2.75) is 13.3 Å². The molecule has 0 fully saturated rings. The van der Waals surface area contributed by atoms with Crippen LogP contribution in [0.3, 0.4) is 0 Å². The highest BCUT2D eigenvalue weighted by molar-refractivity contribution is 7.18. The maximum Gasteiger partial charge on any atom is 0.291 e. The van der Waals surface area contributed by atoms with Gasteiger partial charge in [-0.1, -0.05) is 6.92 Å². The molecule has 0 saturated heterocycles. The Morgan fingerprint density at radius 2 is 2.32 bits per heavy atom. The molecule has 1 N–H and O–H groups in total. The number of amides is 1. The lowest BCUT2D eigenvalue weighted by molar-refractivity contribution is 0.0996. The second-order valence-electron chi connectivity index (χ2n) is 4.08. The van der Waals surface area contributed by atoms with Crippen molar-refractivity contribution in [3.63, 3.8) is 0 Å². The van der Waals surface area contributed by atoms with Crippen molar-refractivity contribution in [2.24, 2.45) is 0 Å². The van der Waals surface area contributed by atoms with E-state index >= 15 is 0 Å². The Morgan fingerprint density at radius 3 is 3.05 bits per heavy atom. The summed E-state index contributed by atoms with van der Waals surface area (Å²) in [5.41, 5.74) is 1.72. The molecule has 0 unspecified atom stereocenters. The summed E-state index contributed by atoms with van der Waals surface area (Å²) in [5, 5.41) is 3.91. The minimum absolute atomic E-state index is 0.246. The van der Waals surface area contributed by atoms with Crippen LogP contribution < -0.4 is 5.32 Å². The van der Waals surface area contributed by atoms with Gasteiger partial charge in [0, 0.05) is 5.69 Å². The summed E-state index contributed by atoms with van der Waals surface area (Å²) in [4.78, 5) is 16.3. The zero-order valence-corrected chi connectivity index (χ0v) is 11.2. The number of anilines is 1. The molecular formula is C14H12N2O2S. The fourth-order valence-electron chi connectivity index (χ4n) is 1.80. The third-order valence-electron chi connectivity index (χ3n) is 2.74. The molecule has 0 saturated carbocycles. The molecular weight excluding hydrogens is 260 g/mol. The lowest BCUT2D eigenvalue weighted by Gasteiger charge is -2.02. The van der Waals surface area contributed by atoms with E-state index < -0.39 is 0 Å². The van der Waals surface area contributed by atoms with E-state index in [4.69, 9.17) is 4.42 Å². The van der Waals surface area contributed by atoms with Crippen LogP contribution in [0, 0.1) is 0 Å². The Hall–Kier alpha value is -2.14. The molecule has 1 amide bonds. The lowest BCUT2D eigenvalue weighted by atomic mass is 10.3. The van der Waals surface area contributed by atoms with Crippen molar-refractivity contribution >= 4 is 33.1 Å². The second-order valence-corrected chi connectivity index (χ2v) is 5.19. The molecule has 3 rings (SSSR count). The number of rotatable bonds is 3. The number of benzene rings is 1. The predicted molar refractivity (Wildman–Crippen MR) is 75.7 cm³/mol. The average molecular weight is 272 g/mol. The molecule has 2 aromatic heterocycles. The molecule has 1 aromatic carbocycles. The molecule has 0 atom stereocenters. The highest BCUT2D eigenvalue weighted by atomic mass is 32.1. The summed E-state index contributed by atoms with van der Waals surface area (Å²) >= 11 is 1.65. The first-order valence-corrected chi connectivity index (χ1v) is 6.82. The van der Waals surface area contributed by atoms with Gasteiger partial charge in [0.05, 0.1) is 21.5 Å². The third kappa shape index (κ3) is 2.37. The zero-order chi connectivity index (χ0) is 13.2. The van der Waals surface area contributed by atoms with Gasteiger partial charge >= 0.3 is 0 Å². The van der Waals surface area contributed by atoms with E-state index in [9.17, 15) is 4.79 Å². The Balaban J connectivity index is 1.87. The van der Waals surface area contributed by atoms with Gasteiger partial charge < -0.3 is 9.73 Å². The maximum atomic E-state index is 11.9. The number of hydrogen-bond donors (Lipinski definition) is 1. The van der Waals surface area contributed by atoms with Crippen molar-refractivity contribution in [1.29, 1.82) is 0 Å². The van der Waals surface area contributed by atoms with Gasteiger partial charge in [-0.05, 0) is 36.8 Å². The number of nitrogens with one attached hydrogen (secondary N) is 1. The summed E-state index contributed by atoms with van der Waals surface area (Å²) in [7, 11) is 0. The van der Waals surface area contributed by atoms with Crippen LogP contribution in [0.1, 0.15) is 22.5 Å². The number of carbonyl (C=O) groups is 1. The largest absolute Gasteiger partial charge is 0.459 e. The third-order valence-corrected chi connectivity index (χ3v) is 3.90. The van der Waals surface area contributed by atoms with Crippen molar-refractivity contribution < 1.29 is 9.21 Å². The van der Waals surface area contributed by atoms with Crippen LogP contribution >= 0.6 is 11.3 Å². The molecule has 19 heavy (non-hydrogen) atoms. The van der Waals surface area contributed by atoms with E-state index in [-0.39, 0.29) is 5.91 Å². The van der Waals surface area contributed by atoms with Crippen molar-refractivity contribution in [3.8, 4) is 0 Å². The minimum atomic E-state index is -0.246. The highest BCUT2D eigenvalue weighted by Gasteiger charge is 2.09. The quantitative estimate of drug-likeness (QED) is 0.790. The van der Waals surface area contributed by atoms with Crippen molar-refractivity contribution in [3.05, 3.63) is 47.4 Å². The molecule has 0 bridgehead atoms. The Morgan fingerprint density at radius 1 is 1.42 bits per heavy atom. The Bertz CT molecular complexity index is 716. The molecule has 4 nitrogen and oxygen atoms in total. The van der Waals surface area contributed by atoms with Gasteiger partial charge in [-0.15, -0.1) is 11.3 Å². The zero-order valence-electron chi connectivity index (χ0n) is 10.3. The van der Waals surface area contributed by atoms with Crippen LogP contribution in [0.25, 0.3) is 10.2 Å². The van der Waals surface area contributed by atoms with Gasteiger partial charge in [-0.25, -0.2) is 4.98 Å². The normalized spacial score (nSPS) is 10.8. The first-order chi connectivity index (χ1) is 9.26. The summed E-state index contributed by atoms with van der Waals surface area (Å²) in [5.74, 6) is 0.0585. The first kappa shape index (κ1) is 11.9. The monoisotopic (exact) mass is 272 g/mol. The van der Waals surface area contributed by atoms with Gasteiger partial charge in [0.25, 0.3) is 5.91 Å². The summed E-state index contributed by atoms with van der Waals surface area (Å²) in [6.45, 7) is 2.08. The van der Waals surface area contributed by atoms with Crippen LogP contribution in [-0.2, 0) is 6.42 Å². The van der Waals surface area contributed by atoms with Crippen LogP contribution in [-0.4, -0.2) is 10.9 Å². The van der Waals surface area contributed by atoms with Gasteiger partial charge in [-0.3, -0.25) is 4.79 Å². The van der Waals surface area contributed by atoms with E-state index in [2.05, 4.69) is 17.2 Å². The van der Waals surface area contributed by atoms with Crippen LogP contribution in [0.4, 0.5) is 5.69 Å². The van der Waals surface area contributed by atoms with Gasteiger partial charge in [0.1, 0.15) is 0 Å². The van der Waals surface area contributed by atoms with Crippen LogP contribution in [0.2, 0.25) is 0 Å². The SMILES string of the molecule is CCc1nc2ccc(NC(=O)c3ccco3)cc2s1. The van der Waals surface area contributed by atoms with E-state index in [1.807, 2.05) is 18.2 Å². The van der Waals surface area contributed by atoms with Crippen molar-refractivity contribution in [1.82, 2.24) is 4.98 Å². The van der Waals surface area contributed by atoms with E-state index in [1.54, 1.807) is 23.5 Å². The molecule has 5 heteroatoms. The van der Waals surface area contributed by atoms with Gasteiger partial charge in [0.2, 0.25) is 0 Å². The Labute approximate surface area is 114 Å². The number of furan rings is 1. The van der Waals surface area contributed by atoms with Gasteiger partial charge in [-0.2, -0.15) is 0 Å². The molecule has 96 valence electrons. The number of aryl methyl sites for hydroxylation is 1. The second kappa shape index (κ2) is 4.85. The van der Waals surface area contributed by atoms with Crippen LogP contribution in [0.5, 0.6) is 0 Å². The minimum Gasteiger partial charge on any atom is -0.459 e. The smallest absolute Gasteiger partial charge is 0.291 e. The molecule has 0 spiro atoms. The number of hydrogen-bond acceptors (Lipinski definition) is 4. The van der Waals surface area contributed by atoms with Gasteiger partial charge in [0.15, 0.2) is 5.76 Å². The number of nitrogens with zero attached hydrogens (tertiary/aromatic N) is 1. The number of carbonyl (C=O) groups excluding carboxylic acids is 1. The number of thiazole rings is 1. The standard InChI is InChI=1S/C14H12N2O2S/c1-2-13-16-10-6-5-9(8-12(10)19-13)15-14(17)11-4-3-7-18-11/h3-8H,2H2,1H3,(H,15,17). The van der Waals surface area contributed by atoms with Crippen LogP contribution in [0.15, 0.2) is 41.0 Å². The highest BCUT2D eigenvalue weighted by Crippen LogP contribution is 2.25. The predicted octanol–water partition coefficient (Wildman–Crippen LogP) is 3.70. The number of fused-ring (bicyclic) bond motifs is 1. The topological polar surface area (TPSA) is 55.1 Å². The molecule has 0 aliphatic carbocycles. The molecule has 2 heterocycles. The summed E-state index contributed by atoms with van der Waals surface area (Å²) in [6.07, 6.45) is 2.41. The average Bonchev–Trinajstić information content (AvgIpc) is 3.07. The molecule has 0 aliphatic heterocycles. The van der Waals surface area contributed by atoms with E-state index in [0.717, 1.165) is 27.3 Å². The summed E-state index contributed by atoms with van der Waals surface area (Å²) < 4.78 is 6.13. The fraction of sp³-hybridized carbons (Fsp3) is 0.143. The molecule has 0 radical (unpaired) electrons. The van der Waals surface area contributed by atoms with Crippen molar-refractivity contribution in [2.75, 3.05) is 5.32 Å². The van der Waals surface area contributed by atoms with E-state index in [1.165, 1.54) is 6.26 Å². The Kier molecular flexibility index (Phi) is 3.05.